The first-order chi connectivity index (χ1) is 28.1. The first-order valence-electron chi connectivity index (χ1n) is 19.2. The zero-order valence-corrected chi connectivity index (χ0v) is 31.1. The first kappa shape index (κ1) is 32.8. The number of para-hydroxylation sites is 2. The van der Waals surface area contributed by atoms with Gasteiger partial charge in [-0.3, -0.25) is 0 Å². The molecule has 0 bridgehead atoms. The minimum atomic E-state index is 0.594. The number of hydrogen-bond acceptors (Lipinski definition) is 4. The van der Waals surface area contributed by atoms with Gasteiger partial charge in [0.2, 0.25) is 0 Å². The number of hydrogen-bond donors (Lipinski definition) is 0. The van der Waals surface area contributed by atoms with Crippen molar-refractivity contribution < 1.29 is 4.42 Å². The molecule has 0 saturated carbocycles. The van der Waals surface area contributed by atoms with E-state index < -0.39 is 0 Å². The summed E-state index contributed by atoms with van der Waals surface area (Å²) in [6.45, 7) is 2.12. The highest BCUT2D eigenvalue weighted by molar-refractivity contribution is 6.11. The second kappa shape index (κ2) is 13.3. The van der Waals surface area contributed by atoms with E-state index in [0.29, 0.717) is 17.5 Å². The Labute approximate surface area is 329 Å². The Bertz CT molecular complexity index is 3230. The largest absolute Gasteiger partial charge is 0.456 e. The Balaban J connectivity index is 1.19. The summed E-state index contributed by atoms with van der Waals surface area (Å²) in [5.41, 5.74) is 13.4. The average molecular weight is 731 g/mol. The molecule has 0 aliphatic rings. The normalized spacial score (nSPS) is 11.6. The number of fused-ring (bicyclic) bond motifs is 6. The van der Waals surface area contributed by atoms with Gasteiger partial charge in [0.25, 0.3) is 0 Å². The van der Waals surface area contributed by atoms with E-state index in [1.165, 1.54) is 27.5 Å². The zero-order valence-electron chi connectivity index (χ0n) is 31.1. The summed E-state index contributed by atoms with van der Waals surface area (Å²) in [4.78, 5) is 15.5. The molecule has 0 fully saturated rings. The summed E-state index contributed by atoms with van der Waals surface area (Å²) in [7, 11) is 0. The summed E-state index contributed by atoms with van der Waals surface area (Å²) in [5.74, 6) is 1.83. The molecular formula is C52H34N4O. The van der Waals surface area contributed by atoms with Gasteiger partial charge in [0.05, 0.1) is 16.7 Å². The van der Waals surface area contributed by atoms with Crippen molar-refractivity contribution in [2.24, 2.45) is 0 Å². The van der Waals surface area contributed by atoms with Crippen LogP contribution >= 0.6 is 0 Å². The molecule has 0 atom stereocenters. The van der Waals surface area contributed by atoms with Crippen molar-refractivity contribution in [3.8, 4) is 62.1 Å². The standard InChI is InChI=1S/C52H34N4O/c1-33-20-22-34(23-21-33)37-24-27-46-42(30-37)40-16-8-10-18-45(40)56(46)47-28-25-38(39-26-29-49-43(31-39)41-17-9-11-19-48(41)57-49)32-44(47)52-54-50(35-12-4-2-5-13-35)53-51(55-52)36-14-6-3-7-15-36/h2-32H,1H3. The number of nitrogens with zero attached hydrogens (tertiary/aromatic N) is 4. The molecule has 11 aromatic rings. The third kappa shape index (κ3) is 5.68. The first-order valence-corrected chi connectivity index (χ1v) is 19.2. The van der Waals surface area contributed by atoms with E-state index in [2.05, 4.69) is 127 Å². The van der Waals surface area contributed by atoms with Gasteiger partial charge in [-0.1, -0.05) is 145 Å². The van der Waals surface area contributed by atoms with E-state index in [4.69, 9.17) is 19.4 Å². The molecule has 3 heterocycles. The van der Waals surface area contributed by atoms with Crippen LogP contribution in [0.25, 0.3) is 106 Å². The van der Waals surface area contributed by atoms with Gasteiger partial charge in [-0.05, 0) is 77.7 Å². The lowest BCUT2D eigenvalue weighted by Gasteiger charge is -2.16. The number of aryl methyl sites for hydroxylation is 1. The van der Waals surface area contributed by atoms with Crippen LogP contribution < -0.4 is 0 Å². The highest BCUT2D eigenvalue weighted by Crippen LogP contribution is 2.40. The van der Waals surface area contributed by atoms with Crippen molar-refractivity contribution in [1.29, 1.82) is 0 Å². The summed E-state index contributed by atoms with van der Waals surface area (Å²) in [5, 5.41) is 4.54. The van der Waals surface area contributed by atoms with Crippen LogP contribution in [0, 0.1) is 6.92 Å². The maximum atomic E-state index is 6.21. The van der Waals surface area contributed by atoms with Gasteiger partial charge in [0, 0.05) is 38.2 Å². The fraction of sp³-hybridized carbons (Fsp3) is 0.0192. The van der Waals surface area contributed by atoms with Gasteiger partial charge in [-0.15, -0.1) is 0 Å². The van der Waals surface area contributed by atoms with Crippen molar-refractivity contribution >= 4 is 43.7 Å². The van der Waals surface area contributed by atoms with Gasteiger partial charge in [0.15, 0.2) is 17.5 Å². The number of furan rings is 1. The SMILES string of the molecule is Cc1ccc(-c2ccc3c(c2)c2ccccc2n3-c2ccc(-c3ccc4oc5ccccc5c4c3)cc2-c2nc(-c3ccccc3)nc(-c3ccccc3)n2)cc1. The molecule has 5 heteroatoms. The Morgan fingerprint density at radius 3 is 1.65 bits per heavy atom. The van der Waals surface area contributed by atoms with Crippen molar-refractivity contribution in [1.82, 2.24) is 19.5 Å². The topological polar surface area (TPSA) is 56.7 Å². The van der Waals surface area contributed by atoms with E-state index in [0.717, 1.165) is 66.5 Å². The summed E-state index contributed by atoms with van der Waals surface area (Å²) >= 11 is 0. The fourth-order valence-electron chi connectivity index (χ4n) is 8.08. The predicted octanol–water partition coefficient (Wildman–Crippen LogP) is 13.5. The molecule has 0 radical (unpaired) electrons. The summed E-state index contributed by atoms with van der Waals surface area (Å²) in [6.07, 6.45) is 0. The molecule has 57 heavy (non-hydrogen) atoms. The van der Waals surface area contributed by atoms with Crippen LogP contribution in [0.4, 0.5) is 0 Å². The number of aromatic nitrogens is 4. The summed E-state index contributed by atoms with van der Waals surface area (Å²) in [6, 6.07) is 65.8. The maximum absolute atomic E-state index is 6.21. The Morgan fingerprint density at radius 1 is 0.368 bits per heavy atom. The van der Waals surface area contributed by atoms with E-state index >= 15 is 0 Å². The minimum absolute atomic E-state index is 0.594. The average Bonchev–Trinajstić information content (AvgIpc) is 3.82. The molecule has 268 valence electrons. The highest BCUT2D eigenvalue weighted by Gasteiger charge is 2.21. The number of rotatable bonds is 6. The molecule has 3 aromatic heterocycles. The van der Waals surface area contributed by atoms with Gasteiger partial charge >= 0.3 is 0 Å². The zero-order chi connectivity index (χ0) is 37.9. The van der Waals surface area contributed by atoms with Crippen molar-refractivity contribution in [3.63, 3.8) is 0 Å². The summed E-state index contributed by atoms with van der Waals surface area (Å²) < 4.78 is 8.57. The molecule has 0 aliphatic heterocycles. The third-order valence-electron chi connectivity index (χ3n) is 10.9. The van der Waals surface area contributed by atoms with E-state index in [1.807, 2.05) is 72.8 Å². The molecule has 0 aliphatic carbocycles. The van der Waals surface area contributed by atoms with Crippen LogP contribution in [-0.4, -0.2) is 19.5 Å². The molecule has 0 spiro atoms. The van der Waals surface area contributed by atoms with Crippen LogP contribution in [-0.2, 0) is 0 Å². The molecule has 8 aromatic carbocycles. The van der Waals surface area contributed by atoms with E-state index in [9.17, 15) is 0 Å². The van der Waals surface area contributed by atoms with Gasteiger partial charge in [0.1, 0.15) is 11.2 Å². The van der Waals surface area contributed by atoms with Crippen LogP contribution in [0.1, 0.15) is 5.56 Å². The van der Waals surface area contributed by atoms with Gasteiger partial charge in [-0.2, -0.15) is 0 Å². The molecule has 5 nitrogen and oxygen atoms in total. The van der Waals surface area contributed by atoms with Crippen LogP contribution in [0.2, 0.25) is 0 Å². The fourth-order valence-corrected chi connectivity index (χ4v) is 8.08. The minimum Gasteiger partial charge on any atom is -0.456 e. The lowest BCUT2D eigenvalue weighted by atomic mass is 9.99. The lowest BCUT2D eigenvalue weighted by Crippen LogP contribution is -2.04. The van der Waals surface area contributed by atoms with E-state index in [1.54, 1.807) is 0 Å². The van der Waals surface area contributed by atoms with Crippen LogP contribution in [0.15, 0.2) is 192 Å². The van der Waals surface area contributed by atoms with Crippen molar-refractivity contribution in [3.05, 3.63) is 194 Å². The van der Waals surface area contributed by atoms with E-state index in [-0.39, 0.29) is 0 Å². The predicted molar refractivity (Wildman–Crippen MR) is 233 cm³/mol. The molecule has 0 saturated heterocycles. The second-order valence-electron chi connectivity index (χ2n) is 14.5. The second-order valence-corrected chi connectivity index (χ2v) is 14.5. The quantitative estimate of drug-likeness (QED) is 0.171. The molecule has 11 rings (SSSR count). The molecular weight excluding hydrogens is 697 g/mol. The lowest BCUT2D eigenvalue weighted by molar-refractivity contribution is 0.669. The maximum Gasteiger partial charge on any atom is 0.166 e. The van der Waals surface area contributed by atoms with Crippen molar-refractivity contribution in [2.75, 3.05) is 0 Å². The number of benzene rings is 8. The smallest absolute Gasteiger partial charge is 0.166 e. The highest BCUT2D eigenvalue weighted by atomic mass is 16.3. The van der Waals surface area contributed by atoms with Crippen molar-refractivity contribution in [2.45, 2.75) is 6.92 Å². The molecule has 0 N–H and O–H groups in total. The molecule has 0 amide bonds. The van der Waals surface area contributed by atoms with Gasteiger partial charge in [-0.25, -0.2) is 15.0 Å². The van der Waals surface area contributed by atoms with Crippen LogP contribution in [0.3, 0.4) is 0 Å². The van der Waals surface area contributed by atoms with Crippen LogP contribution in [0.5, 0.6) is 0 Å². The third-order valence-corrected chi connectivity index (χ3v) is 10.9. The Kier molecular flexibility index (Phi) is 7.64. The Morgan fingerprint density at radius 2 is 0.895 bits per heavy atom. The Hall–Kier alpha value is -7.63. The van der Waals surface area contributed by atoms with Gasteiger partial charge < -0.3 is 8.98 Å². The monoisotopic (exact) mass is 730 g/mol. The molecule has 0 unspecified atom stereocenters.